The Balaban J connectivity index is 2.29. The second kappa shape index (κ2) is 4.01. The van der Waals surface area contributed by atoms with Gasteiger partial charge in [-0.3, -0.25) is 0 Å². The van der Waals surface area contributed by atoms with E-state index < -0.39 is 0 Å². The van der Waals surface area contributed by atoms with E-state index >= 15 is 0 Å². The van der Waals surface area contributed by atoms with Crippen molar-refractivity contribution in [3.05, 3.63) is 35.9 Å². The Bertz CT molecular complexity index is 316. The molecule has 1 saturated carbocycles. The highest BCUT2D eigenvalue weighted by Crippen LogP contribution is 2.44. The van der Waals surface area contributed by atoms with E-state index in [1.807, 2.05) is 25.1 Å². The summed E-state index contributed by atoms with van der Waals surface area (Å²) in [6.07, 6.45) is 2.49. The molecule has 1 aromatic carbocycles. The molecule has 2 rings (SSSR count). The third kappa shape index (κ3) is 1.90. The van der Waals surface area contributed by atoms with Crippen molar-refractivity contribution in [3.63, 3.8) is 0 Å². The number of benzene rings is 1. The minimum atomic E-state index is 0.649. The Kier molecular flexibility index (Phi) is 2.73. The van der Waals surface area contributed by atoms with Crippen molar-refractivity contribution in [2.75, 3.05) is 6.61 Å². The molecular weight excluding hydrogens is 176 g/mol. The molecule has 75 valence electrons. The zero-order valence-corrected chi connectivity index (χ0v) is 8.36. The highest BCUT2D eigenvalue weighted by Gasteiger charge is 2.26. The van der Waals surface area contributed by atoms with Crippen LogP contribution in [0.5, 0.6) is 5.75 Å². The first-order valence-corrected chi connectivity index (χ1v) is 5.09. The van der Waals surface area contributed by atoms with Gasteiger partial charge in [0.1, 0.15) is 12.4 Å². The van der Waals surface area contributed by atoms with Gasteiger partial charge in [0.2, 0.25) is 0 Å². The molecule has 1 N–H and O–H groups in total. The molecule has 0 atom stereocenters. The molecule has 0 saturated heterocycles. The molecule has 1 radical (unpaired) electrons. The first-order valence-electron chi connectivity index (χ1n) is 5.09. The number of ether oxygens (including phenoxy) is 1. The fraction of sp³-hybridized carbons (Fsp3) is 0.417. The normalized spacial score (nSPS) is 15.6. The molecule has 1 aliphatic rings. The molecule has 0 bridgehead atoms. The van der Waals surface area contributed by atoms with Gasteiger partial charge in [0.25, 0.3) is 0 Å². The monoisotopic (exact) mass is 191 g/mol. The Hall–Kier alpha value is -1.02. The summed E-state index contributed by atoms with van der Waals surface area (Å²) in [5, 5.41) is 8.92. The van der Waals surface area contributed by atoms with E-state index in [1.54, 1.807) is 0 Å². The van der Waals surface area contributed by atoms with Crippen LogP contribution in [-0.4, -0.2) is 11.7 Å². The summed E-state index contributed by atoms with van der Waals surface area (Å²) < 4.78 is 5.54. The molecule has 0 aliphatic heterocycles. The molecule has 0 spiro atoms. The van der Waals surface area contributed by atoms with E-state index in [0.29, 0.717) is 12.5 Å². The smallest absolute Gasteiger partial charge is 0.122 e. The van der Waals surface area contributed by atoms with Gasteiger partial charge in [0.05, 0.1) is 6.61 Å². The van der Waals surface area contributed by atoms with Crippen LogP contribution in [-0.2, 0) is 0 Å². The van der Waals surface area contributed by atoms with Crippen molar-refractivity contribution in [1.29, 1.82) is 0 Å². The number of hydrogen-bond acceptors (Lipinski definition) is 2. The van der Waals surface area contributed by atoms with Crippen LogP contribution in [0.3, 0.4) is 0 Å². The van der Waals surface area contributed by atoms with Crippen LogP contribution >= 0.6 is 0 Å². The standard InChI is InChI=1S/C12H15O2/c1-2-14-12-6-3-9(8-13)7-11(12)10-4-5-10/h3,6-8,10,13H,2,4-5H2,1H3. The lowest BCUT2D eigenvalue weighted by Crippen LogP contribution is -1.96. The predicted octanol–water partition coefficient (Wildman–Crippen LogP) is 2.85. The molecule has 1 fully saturated rings. The van der Waals surface area contributed by atoms with E-state index in [1.165, 1.54) is 18.4 Å². The van der Waals surface area contributed by atoms with E-state index in [-0.39, 0.29) is 0 Å². The zero-order valence-electron chi connectivity index (χ0n) is 8.36. The lowest BCUT2D eigenvalue weighted by Gasteiger charge is -2.10. The Morgan fingerprint density at radius 2 is 2.29 bits per heavy atom. The fourth-order valence-corrected chi connectivity index (χ4v) is 1.65. The van der Waals surface area contributed by atoms with E-state index in [9.17, 15) is 0 Å². The van der Waals surface area contributed by atoms with Gasteiger partial charge in [-0.25, -0.2) is 0 Å². The predicted molar refractivity (Wildman–Crippen MR) is 54.9 cm³/mol. The van der Waals surface area contributed by atoms with Crippen molar-refractivity contribution >= 4 is 0 Å². The molecule has 0 amide bonds. The summed E-state index contributed by atoms with van der Waals surface area (Å²) >= 11 is 0. The average Bonchev–Trinajstić information content (AvgIpc) is 3.02. The quantitative estimate of drug-likeness (QED) is 0.793. The van der Waals surface area contributed by atoms with E-state index in [2.05, 4.69) is 0 Å². The third-order valence-corrected chi connectivity index (χ3v) is 2.50. The van der Waals surface area contributed by atoms with Gasteiger partial charge in [-0.2, -0.15) is 0 Å². The van der Waals surface area contributed by atoms with Gasteiger partial charge in [0, 0.05) is 0 Å². The van der Waals surface area contributed by atoms with Gasteiger partial charge in [-0.15, -0.1) is 0 Å². The Labute approximate surface area is 84.5 Å². The van der Waals surface area contributed by atoms with Gasteiger partial charge >= 0.3 is 0 Å². The summed E-state index contributed by atoms with van der Waals surface area (Å²) in [5.41, 5.74) is 2.10. The first kappa shape index (κ1) is 9.53. The summed E-state index contributed by atoms with van der Waals surface area (Å²) in [6.45, 7) is 3.83. The largest absolute Gasteiger partial charge is 0.494 e. The average molecular weight is 191 g/mol. The van der Waals surface area contributed by atoms with Crippen LogP contribution < -0.4 is 4.74 Å². The van der Waals surface area contributed by atoms with Gasteiger partial charge in [-0.1, -0.05) is 6.07 Å². The fourth-order valence-electron chi connectivity index (χ4n) is 1.65. The first-order chi connectivity index (χ1) is 6.85. The minimum absolute atomic E-state index is 0.649. The van der Waals surface area contributed by atoms with Crippen LogP contribution in [0, 0.1) is 6.61 Å². The zero-order chi connectivity index (χ0) is 9.97. The Morgan fingerprint density at radius 3 is 2.86 bits per heavy atom. The maximum absolute atomic E-state index is 8.92. The van der Waals surface area contributed by atoms with Crippen LogP contribution in [0.2, 0.25) is 0 Å². The highest BCUT2D eigenvalue weighted by atomic mass is 16.5. The molecule has 0 aromatic heterocycles. The van der Waals surface area contributed by atoms with Gasteiger partial charge in [0.15, 0.2) is 0 Å². The van der Waals surface area contributed by atoms with Crippen molar-refractivity contribution in [1.82, 2.24) is 0 Å². The van der Waals surface area contributed by atoms with Crippen molar-refractivity contribution in [2.45, 2.75) is 25.7 Å². The maximum atomic E-state index is 8.92. The van der Waals surface area contributed by atoms with Crippen molar-refractivity contribution in [2.24, 2.45) is 0 Å². The summed E-state index contributed by atoms with van der Waals surface area (Å²) in [6, 6.07) is 5.83. The number of aliphatic hydroxyl groups excluding tert-OH is 1. The Morgan fingerprint density at radius 1 is 1.50 bits per heavy atom. The van der Waals surface area contributed by atoms with Crippen LogP contribution in [0.25, 0.3) is 0 Å². The summed E-state index contributed by atoms with van der Waals surface area (Å²) in [4.78, 5) is 0. The molecule has 1 aliphatic carbocycles. The summed E-state index contributed by atoms with van der Waals surface area (Å²) in [5.74, 6) is 1.62. The van der Waals surface area contributed by atoms with Gasteiger partial charge < -0.3 is 9.84 Å². The van der Waals surface area contributed by atoms with Crippen LogP contribution in [0.1, 0.15) is 36.8 Å². The van der Waals surface area contributed by atoms with Gasteiger partial charge in [-0.05, 0) is 48.9 Å². The van der Waals surface area contributed by atoms with E-state index in [4.69, 9.17) is 9.84 Å². The molecular formula is C12H15O2. The van der Waals surface area contributed by atoms with Crippen LogP contribution in [0.15, 0.2) is 18.2 Å². The molecule has 2 nitrogen and oxygen atoms in total. The minimum Gasteiger partial charge on any atom is -0.494 e. The topological polar surface area (TPSA) is 29.5 Å². The molecule has 1 aromatic rings. The molecule has 2 heteroatoms. The second-order valence-corrected chi connectivity index (χ2v) is 3.63. The highest BCUT2D eigenvalue weighted by molar-refractivity contribution is 5.43. The lowest BCUT2D eigenvalue weighted by molar-refractivity contribution is 0.336. The van der Waals surface area contributed by atoms with E-state index in [0.717, 1.165) is 17.9 Å². The number of hydrogen-bond donors (Lipinski definition) is 1. The third-order valence-electron chi connectivity index (χ3n) is 2.50. The lowest BCUT2D eigenvalue weighted by atomic mass is 10.1. The number of rotatable bonds is 4. The second-order valence-electron chi connectivity index (χ2n) is 3.63. The van der Waals surface area contributed by atoms with Crippen molar-refractivity contribution in [3.8, 4) is 5.75 Å². The maximum Gasteiger partial charge on any atom is 0.122 e. The number of aliphatic hydroxyl groups is 1. The van der Waals surface area contributed by atoms with Crippen LogP contribution in [0.4, 0.5) is 0 Å². The summed E-state index contributed by atoms with van der Waals surface area (Å²) in [7, 11) is 0. The molecule has 0 unspecified atom stereocenters. The van der Waals surface area contributed by atoms with Crippen molar-refractivity contribution < 1.29 is 9.84 Å². The molecule has 14 heavy (non-hydrogen) atoms. The molecule has 0 heterocycles. The SMILES string of the molecule is CCOc1ccc([CH]O)cc1C1CC1.